The van der Waals surface area contributed by atoms with E-state index in [-0.39, 0.29) is 0 Å². The average Bonchev–Trinajstić information content (AvgIpc) is 3.37. The van der Waals surface area contributed by atoms with Gasteiger partial charge in [-0.2, -0.15) is 0 Å². The molecule has 0 aliphatic carbocycles. The summed E-state index contributed by atoms with van der Waals surface area (Å²) in [5, 5.41) is 7.63. The van der Waals surface area contributed by atoms with E-state index in [9.17, 15) is 0 Å². The SMILES string of the molecule is Cc1cc(C)cc(-c2cc(-c3cc(-c4ccccc4)cc(-c4ccccc4)c3)c3ccc4c(-c5cc(C)cc(C)c5)cc(-c5cc(-c6ccccc6)cc(-c6ccccc6)c5)c5ccc2c3c45)c1. The second kappa shape index (κ2) is 16.8. The van der Waals surface area contributed by atoms with E-state index in [1.165, 1.54) is 144 Å². The van der Waals surface area contributed by atoms with Crippen LogP contribution in [0.15, 0.2) is 231 Å². The molecular weight excluding hydrogens is 817 g/mol. The summed E-state index contributed by atoms with van der Waals surface area (Å²) >= 11 is 0. The standard InChI is InChI=1S/C68H50/c1-43-29-44(2)32-55(31-43)63-41-65(57-37-51(47-17-9-5-10-18-47)35-52(38-57)48-19-11-6-12-20-48)61-28-26-60-64(56-33-45(3)30-46(4)34-56)42-66(62-27-25-59(63)67(61)68(60)62)58-39-53(49-21-13-7-14-22-49)36-54(40-58)50-23-15-8-16-24-50/h5-42H,1-4H3. The minimum Gasteiger partial charge on any atom is -0.0622 e. The smallest absolute Gasteiger partial charge is 0.00139 e. The maximum Gasteiger partial charge on any atom is -0.00139 e. The van der Waals surface area contributed by atoms with Crippen LogP contribution < -0.4 is 0 Å². The highest BCUT2D eigenvalue weighted by atomic mass is 14.3. The Bertz CT molecular complexity index is 3430. The molecule has 0 bridgehead atoms. The lowest BCUT2D eigenvalue weighted by Crippen LogP contribution is -1.96. The molecule has 0 N–H and O–H groups in total. The highest BCUT2D eigenvalue weighted by Crippen LogP contribution is 2.50. The zero-order chi connectivity index (χ0) is 45.9. The van der Waals surface area contributed by atoms with Gasteiger partial charge in [-0.1, -0.05) is 204 Å². The molecule has 0 spiro atoms. The van der Waals surface area contributed by atoms with Crippen LogP contribution in [0.1, 0.15) is 22.3 Å². The van der Waals surface area contributed by atoms with Crippen molar-refractivity contribution in [2.75, 3.05) is 0 Å². The third-order valence-corrected chi connectivity index (χ3v) is 13.9. The van der Waals surface area contributed by atoms with Crippen molar-refractivity contribution >= 4 is 32.3 Å². The molecule has 12 aromatic rings. The Hall–Kier alpha value is -8.32. The predicted molar refractivity (Wildman–Crippen MR) is 293 cm³/mol. The van der Waals surface area contributed by atoms with Crippen LogP contribution in [0.25, 0.3) is 121 Å². The van der Waals surface area contributed by atoms with Crippen LogP contribution in [-0.2, 0) is 0 Å². The topological polar surface area (TPSA) is 0 Å². The van der Waals surface area contributed by atoms with Gasteiger partial charge in [0.1, 0.15) is 0 Å². The van der Waals surface area contributed by atoms with Gasteiger partial charge in [-0.15, -0.1) is 0 Å². The zero-order valence-electron chi connectivity index (χ0n) is 38.9. The molecule has 0 aromatic heterocycles. The first kappa shape index (κ1) is 41.1. The summed E-state index contributed by atoms with van der Waals surface area (Å²) in [6, 6.07) is 86.3. The quantitative estimate of drug-likeness (QED) is 0.134. The lowest BCUT2D eigenvalue weighted by Gasteiger charge is -2.23. The van der Waals surface area contributed by atoms with Crippen LogP contribution >= 0.6 is 0 Å². The number of hydrogen-bond donors (Lipinski definition) is 0. The first-order valence-corrected chi connectivity index (χ1v) is 23.8. The molecular formula is C68H50. The number of aryl methyl sites for hydroxylation is 4. The monoisotopic (exact) mass is 866 g/mol. The van der Waals surface area contributed by atoms with Crippen molar-refractivity contribution in [2.24, 2.45) is 0 Å². The molecule has 12 rings (SSSR count). The van der Waals surface area contributed by atoms with Gasteiger partial charge in [0.05, 0.1) is 0 Å². The van der Waals surface area contributed by atoms with Crippen LogP contribution in [0.5, 0.6) is 0 Å². The molecule has 0 aliphatic heterocycles. The molecule has 12 aromatic carbocycles. The molecule has 0 radical (unpaired) electrons. The molecule has 0 aliphatic rings. The van der Waals surface area contributed by atoms with Crippen LogP contribution in [0, 0.1) is 27.7 Å². The molecule has 0 unspecified atom stereocenters. The van der Waals surface area contributed by atoms with E-state index in [1.807, 2.05) is 0 Å². The van der Waals surface area contributed by atoms with Crippen molar-refractivity contribution in [1.29, 1.82) is 0 Å². The normalized spacial score (nSPS) is 11.5. The fraction of sp³-hybridized carbons (Fsp3) is 0.0588. The van der Waals surface area contributed by atoms with Crippen molar-refractivity contribution < 1.29 is 0 Å². The third-order valence-electron chi connectivity index (χ3n) is 13.9. The first-order chi connectivity index (χ1) is 33.3. The maximum absolute atomic E-state index is 2.48. The van der Waals surface area contributed by atoms with Crippen molar-refractivity contribution in [3.8, 4) is 89.0 Å². The molecule has 0 saturated heterocycles. The van der Waals surface area contributed by atoms with E-state index in [1.54, 1.807) is 0 Å². The van der Waals surface area contributed by atoms with Gasteiger partial charge >= 0.3 is 0 Å². The van der Waals surface area contributed by atoms with Crippen LogP contribution in [0.3, 0.4) is 0 Å². The fourth-order valence-corrected chi connectivity index (χ4v) is 11.0. The Morgan fingerprint density at radius 1 is 0.176 bits per heavy atom. The van der Waals surface area contributed by atoms with Crippen molar-refractivity contribution in [2.45, 2.75) is 27.7 Å². The second-order valence-corrected chi connectivity index (χ2v) is 18.8. The van der Waals surface area contributed by atoms with Crippen LogP contribution in [0.4, 0.5) is 0 Å². The Morgan fingerprint density at radius 3 is 0.647 bits per heavy atom. The molecule has 68 heavy (non-hydrogen) atoms. The highest BCUT2D eigenvalue weighted by Gasteiger charge is 2.23. The van der Waals surface area contributed by atoms with Gasteiger partial charge in [0.15, 0.2) is 0 Å². The van der Waals surface area contributed by atoms with Gasteiger partial charge in [0, 0.05) is 0 Å². The minimum absolute atomic E-state index is 1.20. The summed E-state index contributed by atoms with van der Waals surface area (Å²) in [4.78, 5) is 0. The molecule has 0 heteroatoms. The van der Waals surface area contributed by atoms with Crippen LogP contribution in [-0.4, -0.2) is 0 Å². The highest BCUT2D eigenvalue weighted by molar-refractivity contribution is 6.32. The average molecular weight is 867 g/mol. The summed E-state index contributed by atoms with van der Waals surface area (Å²) in [6.45, 7) is 8.88. The Morgan fingerprint density at radius 2 is 0.397 bits per heavy atom. The Labute approximate surface area is 399 Å². The molecule has 0 amide bonds. The third kappa shape index (κ3) is 7.45. The van der Waals surface area contributed by atoms with Crippen molar-refractivity contribution in [3.63, 3.8) is 0 Å². The van der Waals surface area contributed by atoms with E-state index in [0.717, 1.165) is 0 Å². The van der Waals surface area contributed by atoms with E-state index in [2.05, 4.69) is 258 Å². The molecule has 0 fully saturated rings. The van der Waals surface area contributed by atoms with Gasteiger partial charge in [0.2, 0.25) is 0 Å². The largest absolute Gasteiger partial charge is 0.0622 e. The summed E-state index contributed by atoms with van der Waals surface area (Å²) in [6.07, 6.45) is 0. The second-order valence-electron chi connectivity index (χ2n) is 18.8. The van der Waals surface area contributed by atoms with E-state index >= 15 is 0 Å². The van der Waals surface area contributed by atoms with Gasteiger partial charge in [-0.05, 0) is 198 Å². The Kier molecular flexibility index (Phi) is 10.2. The summed E-state index contributed by atoms with van der Waals surface area (Å²) in [5.74, 6) is 0. The summed E-state index contributed by atoms with van der Waals surface area (Å²) in [7, 11) is 0. The van der Waals surface area contributed by atoms with Crippen LogP contribution in [0.2, 0.25) is 0 Å². The Balaban J connectivity index is 1.23. The minimum atomic E-state index is 1.20. The van der Waals surface area contributed by atoms with Gasteiger partial charge in [-0.25, -0.2) is 0 Å². The maximum atomic E-state index is 2.48. The van der Waals surface area contributed by atoms with Crippen molar-refractivity contribution in [3.05, 3.63) is 253 Å². The lowest BCUT2D eigenvalue weighted by atomic mass is 9.80. The van der Waals surface area contributed by atoms with Gasteiger partial charge < -0.3 is 0 Å². The fourth-order valence-electron chi connectivity index (χ4n) is 11.0. The van der Waals surface area contributed by atoms with E-state index in [4.69, 9.17) is 0 Å². The van der Waals surface area contributed by atoms with E-state index in [0.29, 0.717) is 0 Å². The molecule has 0 heterocycles. The zero-order valence-corrected chi connectivity index (χ0v) is 38.9. The van der Waals surface area contributed by atoms with Gasteiger partial charge in [0.25, 0.3) is 0 Å². The summed E-state index contributed by atoms with van der Waals surface area (Å²) < 4.78 is 0. The number of benzene rings is 12. The number of hydrogen-bond acceptors (Lipinski definition) is 0. The molecule has 0 atom stereocenters. The van der Waals surface area contributed by atoms with E-state index < -0.39 is 0 Å². The predicted octanol–water partition coefficient (Wildman–Crippen LogP) is 19.2. The summed E-state index contributed by atoms with van der Waals surface area (Å²) in [5.41, 5.74) is 24.5. The first-order valence-electron chi connectivity index (χ1n) is 23.8. The molecule has 0 saturated carbocycles. The lowest BCUT2D eigenvalue weighted by molar-refractivity contribution is 1.39. The molecule has 0 nitrogen and oxygen atoms in total. The van der Waals surface area contributed by atoms with Gasteiger partial charge in [-0.3, -0.25) is 0 Å². The van der Waals surface area contributed by atoms with Crippen molar-refractivity contribution in [1.82, 2.24) is 0 Å². The molecule has 322 valence electrons. The number of rotatable bonds is 8.